The Balaban J connectivity index is 1.67. The molecule has 0 spiro atoms. The first kappa shape index (κ1) is 23.4. The molecular weight excluding hydrogens is 416 g/mol. The lowest BCUT2D eigenvalue weighted by Gasteiger charge is -2.33. The standard InChI is InChI=1S/C30H32N4/c1-23(27-12-6-4-7-13-27)18-24(2)30(28-14-8-5-9-15-28)25(3)34(29-16-10-11-17-33-29)21-26-19-31-22-32-20-26/h5-6,8-17,19-20,22-23,30H,2-4,7,18,21H2,1H3. The van der Waals surface area contributed by atoms with Crippen LogP contribution in [0, 0.1) is 5.92 Å². The molecule has 0 aliphatic heterocycles. The summed E-state index contributed by atoms with van der Waals surface area (Å²) in [6, 6.07) is 16.5. The molecule has 4 nitrogen and oxygen atoms in total. The van der Waals surface area contributed by atoms with Crippen molar-refractivity contribution in [3.63, 3.8) is 0 Å². The Morgan fingerprint density at radius 3 is 2.44 bits per heavy atom. The second-order valence-electron chi connectivity index (χ2n) is 8.80. The molecule has 0 amide bonds. The van der Waals surface area contributed by atoms with Crippen LogP contribution in [0.3, 0.4) is 0 Å². The minimum absolute atomic E-state index is 0.0385. The third-order valence-corrected chi connectivity index (χ3v) is 6.26. The van der Waals surface area contributed by atoms with E-state index in [1.807, 2.05) is 42.9 Å². The zero-order valence-electron chi connectivity index (χ0n) is 19.8. The van der Waals surface area contributed by atoms with E-state index in [4.69, 9.17) is 0 Å². The summed E-state index contributed by atoms with van der Waals surface area (Å²) >= 11 is 0. The largest absolute Gasteiger partial charge is 0.325 e. The van der Waals surface area contributed by atoms with Gasteiger partial charge in [-0.15, -0.1) is 0 Å². The van der Waals surface area contributed by atoms with Gasteiger partial charge in [-0.05, 0) is 48.4 Å². The van der Waals surface area contributed by atoms with E-state index in [0.29, 0.717) is 12.5 Å². The first-order valence-electron chi connectivity index (χ1n) is 11.8. The number of hydrogen-bond donors (Lipinski definition) is 0. The van der Waals surface area contributed by atoms with Crippen LogP contribution in [-0.2, 0) is 6.54 Å². The molecule has 3 aromatic rings. The van der Waals surface area contributed by atoms with Crippen molar-refractivity contribution in [1.29, 1.82) is 0 Å². The van der Waals surface area contributed by atoms with Gasteiger partial charge in [0.15, 0.2) is 0 Å². The highest BCUT2D eigenvalue weighted by Gasteiger charge is 2.26. The number of pyridine rings is 1. The van der Waals surface area contributed by atoms with E-state index in [2.05, 4.69) is 82.4 Å². The summed E-state index contributed by atoms with van der Waals surface area (Å²) in [5.74, 6) is 1.20. The Bertz CT molecular complexity index is 1150. The van der Waals surface area contributed by atoms with Crippen molar-refractivity contribution in [2.45, 2.75) is 38.6 Å². The first-order chi connectivity index (χ1) is 16.6. The zero-order valence-corrected chi connectivity index (χ0v) is 19.8. The van der Waals surface area contributed by atoms with E-state index >= 15 is 0 Å². The van der Waals surface area contributed by atoms with Crippen LogP contribution < -0.4 is 4.90 Å². The van der Waals surface area contributed by atoms with Crippen molar-refractivity contribution in [1.82, 2.24) is 15.0 Å². The molecule has 2 unspecified atom stereocenters. The fraction of sp³-hybridized carbons (Fsp3) is 0.233. The van der Waals surface area contributed by atoms with E-state index in [-0.39, 0.29) is 5.92 Å². The molecule has 0 radical (unpaired) electrons. The molecule has 0 N–H and O–H groups in total. The predicted molar refractivity (Wildman–Crippen MR) is 140 cm³/mol. The van der Waals surface area contributed by atoms with E-state index in [9.17, 15) is 0 Å². The van der Waals surface area contributed by atoms with Crippen LogP contribution in [0.2, 0.25) is 0 Å². The number of benzene rings is 1. The Kier molecular flexibility index (Phi) is 7.82. The van der Waals surface area contributed by atoms with Gasteiger partial charge in [-0.25, -0.2) is 15.0 Å². The molecule has 1 aromatic carbocycles. The third-order valence-electron chi connectivity index (χ3n) is 6.26. The molecule has 4 rings (SSSR count). The maximum absolute atomic E-state index is 4.64. The van der Waals surface area contributed by atoms with Crippen LogP contribution in [0.5, 0.6) is 0 Å². The number of anilines is 1. The van der Waals surface area contributed by atoms with Gasteiger partial charge in [0.25, 0.3) is 0 Å². The van der Waals surface area contributed by atoms with Crippen molar-refractivity contribution in [2.24, 2.45) is 5.92 Å². The van der Waals surface area contributed by atoms with E-state index in [0.717, 1.165) is 41.9 Å². The van der Waals surface area contributed by atoms with E-state index in [1.54, 1.807) is 6.33 Å². The van der Waals surface area contributed by atoms with Gasteiger partial charge in [0.1, 0.15) is 12.1 Å². The minimum Gasteiger partial charge on any atom is -0.325 e. The normalized spacial score (nSPS) is 14.7. The summed E-state index contributed by atoms with van der Waals surface area (Å²) in [6.45, 7) is 12.1. The number of rotatable bonds is 10. The summed E-state index contributed by atoms with van der Waals surface area (Å²) < 4.78 is 0. The van der Waals surface area contributed by atoms with Crippen LogP contribution in [0.15, 0.2) is 122 Å². The van der Waals surface area contributed by atoms with Crippen molar-refractivity contribution >= 4 is 5.82 Å². The van der Waals surface area contributed by atoms with Crippen molar-refractivity contribution in [3.8, 4) is 0 Å². The first-order valence-corrected chi connectivity index (χ1v) is 11.8. The molecule has 1 aliphatic rings. The summed E-state index contributed by atoms with van der Waals surface area (Å²) in [5.41, 5.74) is 5.67. The minimum atomic E-state index is -0.0385. The summed E-state index contributed by atoms with van der Waals surface area (Å²) in [7, 11) is 0. The van der Waals surface area contributed by atoms with Gasteiger partial charge in [-0.3, -0.25) is 0 Å². The predicted octanol–water partition coefficient (Wildman–Crippen LogP) is 7.03. The number of hydrogen-bond acceptors (Lipinski definition) is 4. The Hall–Kier alpha value is -3.79. The molecule has 2 atom stereocenters. The molecule has 0 saturated heterocycles. The highest BCUT2D eigenvalue weighted by Crippen LogP contribution is 2.38. The summed E-state index contributed by atoms with van der Waals surface area (Å²) in [5, 5.41) is 0. The Morgan fingerprint density at radius 2 is 1.76 bits per heavy atom. The van der Waals surface area contributed by atoms with Gasteiger partial charge in [-0.2, -0.15) is 0 Å². The van der Waals surface area contributed by atoms with Gasteiger partial charge in [0.2, 0.25) is 0 Å². The van der Waals surface area contributed by atoms with Crippen LogP contribution in [0.25, 0.3) is 0 Å². The molecule has 2 aromatic heterocycles. The molecule has 2 heterocycles. The van der Waals surface area contributed by atoms with Crippen molar-refractivity contribution in [2.75, 3.05) is 4.90 Å². The Morgan fingerprint density at radius 1 is 1.00 bits per heavy atom. The summed E-state index contributed by atoms with van der Waals surface area (Å²) in [6.07, 6.45) is 17.1. The average molecular weight is 449 g/mol. The lowest BCUT2D eigenvalue weighted by molar-refractivity contribution is 0.643. The smallest absolute Gasteiger partial charge is 0.132 e. The molecule has 4 heteroatoms. The Labute approximate surface area is 203 Å². The molecule has 1 aliphatic carbocycles. The number of aromatic nitrogens is 3. The second kappa shape index (κ2) is 11.4. The van der Waals surface area contributed by atoms with Crippen molar-refractivity contribution < 1.29 is 0 Å². The van der Waals surface area contributed by atoms with Gasteiger partial charge in [0, 0.05) is 35.8 Å². The lowest BCUT2D eigenvalue weighted by atomic mass is 9.81. The molecular formula is C30H32N4. The molecule has 172 valence electrons. The molecule has 0 fully saturated rings. The van der Waals surface area contributed by atoms with Gasteiger partial charge in [-0.1, -0.05) is 80.3 Å². The fourth-order valence-corrected chi connectivity index (χ4v) is 4.53. The summed E-state index contributed by atoms with van der Waals surface area (Å²) in [4.78, 5) is 15.2. The highest BCUT2D eigenvalue weighted by molar-refractivity contribution is 5.52. The van der Waals surface area contributed by atoms with E-state index in [1.165, 1.54) is 11.1 Å². The van der Waals surface area contributed by atoms with Crippen LogP contribution in [-0.4, -0.2) is 15.0 Å². The quantitative estimate of drug-likeness (QED) is 0.312. The maximum atomic E-state index is 4.64. The van der Waals surface area contributed by atoms with Crippen LogP contribution in [0.1, 0.15) is 43.2 Å². The van der Waals surface area contributed by atoms with Gasteiger partial charge in [0.05, 0.1) is 6.54 Å². The number of allylic oxidation sites excluding steroid dienone is 5. The van der Waals surface area contributed by atoms with Gasteiger partial charge >= 0.3 is 0 Å². The number of nitrogens with zero attached hydrogens (tertiary/aromatic N) is 4. The monoisotopic (exact) mass is 448 g/mol. The molecule has 0 saturated carbocycles. The third kappa shape index (κ3) is 5.76. The fourth-order valence-electron chi connectivity index (χ4n) is 4.53. The molecule has 34 heavy (non-hydrogen) atoms. The lowest BCUT2D eigenvalue weighted by Crippen LogP contribution is -2.27. The average Bonchev–Trinajstić information content (AvgIpc) is 2.89. The maximum Gasteiger partial charge on any atom is 0.132 e. The van der Waals surface area contributed by atoms with Crippen molar-refractivity contribution in [3.05, 3.63) is 133 Å². The second-order valence-corrected chi connectivity index (χ2v) is 8.80. The van der Waals surface area contributed by atoms with Gasteiger partial charge < -0.3 is 4.90 Å². The zero-order chi connectivity index (χ0) is 23.8. The van der Waals surface area contributed by atoms with Crippen LogP contribution in [0.4, 0.5) is 5.82 Å². The highest BCUT2D eigenvalue weighted by atomic mass is 15.2. The van der Waals surface area contributed by atoms with Crippen LogP contribution >= 0.6 is 0 Å². The topological polar surface area (TPSA) is 41.9 Å². The molecule has 0 bridgehead atoms. The SMILES string of the molecule is C=C(CC(C)C1=CCCC=C1)C(C(=C)N(Cc1cncnc1)c1ccccn1)c1ccccc1. The van der Waals surface area contributed by atoms with E-state index < -0.39 is 0 Å².